The predicted octanol–water partition coefficient (Wildman–Crippen LogP) is 6.32. The number of allylic oxidation sites excluding steroid dienone is 1. The topological polar surface area (TPSA) is 219 Å². The third-order valence-electron chi connectivity index (χ3n) is 14.2. The number of amides is 1. The number of aryl methyl sites for hydroxylation is 1. The Bertz CT molecular complexity index is 2530. The molecular formula is C56H64N2O14. The Morgan fingerprint density at radius 2 is 1.49 bits per heavy atom. The largest absolute Gasteiger partial charge is 0.462 e. The number of ether oxygens (including phenoxy) is 6. The van der Waals surface area contributed by atoms with E-state index >= 15 is 0 Å². The van der Waals surface area contributed by atoms with E-state index in [0.717, 1.165) is 17.6 Å². The molecule has 1 aliphatic heterocycles. The van der Waals surface area contributed by atoms with Crippen LogP contribution < -0.4 is 10.6 Å². The molecule has 3 aromatic rings. The van der Waals surface area contributed by atoms with E-state index in [0.29, 0.717) is 73.3 Å². The maximum atomic E-state index is 13.4. The first-order valence-electron chi connectivity index (χ1n) is 24.2. The molecular weight excluding hydrogens is 925 g/mol. The summed E-state index contributed by atoms with van der Waals surface area (Å²) in [6.45, 7) is 10.9. The van der Waals surface area contributed by atoms with Crippen molar-refractivity contribution in [3.05, 3.63) is 124 Å². The van der Waals surface area contributed by atoms with Crippen LogP contribution >= 0.6 is 0 Å². The fourth-order valence-electron chi connectivity index (χ4n) is 10.2. The summed E-state index contributed by atoms with van der Waals surface area (Å²) in [5.41, 5.74) is 2.76. The van der Waals surface area contributed by atoms with Crippen molar-refractivity contribution in [2.75, 3.05) is 64.7 Å². The first kappa shape index (κ1) is 54.6. The second kappa shape index (κ2) is 25.6. The van der Waals surface area contributed by atoms with E-state index in [-0.39, 0.29) is 74.9 Å². The maximum Gasteiger partial charge on any atom is 0.338 e. The van der Waals surface area contributed by atoms with Gasteiger partial charge >= 0.3 is 23.9 Å². The molecule has 16 nitrogen and oxygen atoms in total. The lowest BCUT2D eigenvalue weighted by Gasteiger charge is -2.60. The molecule has 0 saturated heterocycles. The highest BCUT2D eigenvalue weighted by atomic mass is 16.6. The van der Waals surface area contributed by atoms with E-state index in [2.05, 4.69) is 30.1 Å². The molecule has 3 N–H and O–H groups in total. The highest BCUT2D eigenvalue weighted by Gasteiger charge is 2.58. The van der Waals surface area contributed by atoms with Crippen LogP contribution in [-0.4, -0.2) is 118 Å². The highest BCUT2D eigenvalue weighted by Crippen LogP contribution is 2.63. The number of Topliss-reactive ketones (excluding diaryl/α,β-unsaturated/α-hetero) is 1. The summed E-state index contributed by atoms with van der Waals surface area (Å²) in [4.78, 5) is 90.3. The first-order valence-corrected chi connectivity index (χ1v) is 24.2. The fraction of sp³-hybridized carbons (Fsp3) is 0.446. The van der Waals surface area contributed by atoms with Crippen LogP contribution in [0.3, 0.4) is 0 Å². The van der Waals surface area contributed by atoms with Crippen molar-refractivity contribution in [3.8, 4) is 12.3 Å². The van der Waals surface area contributed by atoms with Gasteiger partial charge in [-0.2, -0.15) is 0 Å². The minimum absolute atomic E-state index is 0.0484. The molecule has 3 aliphatic rings. The molecule has 382 valence electrons. The molecule has 0 radical (unpaired) electrons. The Hall–Kier alpha value is -6.77. The van der Waals surface area contributed by atoms with Crippen LogP contribution in [0.5, 0.6) is 0 Å². The summed E-state index contributed by atoms with van der Waals surface area (Å²) >= 11 is 0. The number of esters is 4. The van der Waals surface area contributed by atoms with Gasteiger partial charge in [-0.3, -0.25) is 24.5 Å². The summed E-state index contributed by atoms with van der Waals surface area (Å²) in [6, 6.07) is 19.1. The van der Waals surface area contributed by atoms with Gasteiger partial charge in [0.15, 0.2) is 11.6 Å². The number of terminal acetylenes is 1. The Labute approximate surface area is 420 Å². The lowest BCUT2D eigenvalue weighted by Crippen LogP contribution is -2.56. The van der Waals surface area contributed by atoms with Crippen LogP contribution in [0.15, 0.2) is 96.6 Å². The van der Waals surface area contributed by atoms with Gasteiger partial charge in [0.05, 0.1) is 55.7 Å². The number of ketones is 2. The van der Waals surface area contributed by atoms with E-state index in [1.807, 2.05) is 26.0 Å². The number of nitrogens with one attached hydrogen (secondary N) is 2. The van der Waals surface area contributed by atoms with Crippen molar-refractivity contribution in [2.45, 2.75) is 77.9 Å². The van der Waals surface area contributed by atoms with Crippen molar-refractivity contribution >= 4 is 47.0 Å². The number of hydrogen-bond acceptors (Lipinski definition) is 15. The van der Waals surface area contributed by atoms with Crippen LogP contribution in [0.25, 0.3) is 0 Å². The molecule has 2 fully saturated rings. The van der Waals surface area contributed by atoms with Gasteiger partial charge in [-0.15, -0.1) is 6.42 Å². The molecule has 0 spiro atoms. The minimum atomic E-state index is -0.879. The molecule has 3 aromatic carbocycles. The molecule has 2 saturated carbocycles. The van der Waals surface area contributed by atoms with Gasteiger partial charge in [0.1, 0.15) is 32.5 Å². The number of carbonyl (C=O) groups excluding carboxylic acids is 7. The van der Waals surface area contributed by atoms with Crippen LogP contribution in [-0.2, 0) is 47.6 Å². The number of rotatable bonds is 25. The monoisotopic (exact) mass is 988 g/mol. The zero-order valence-corrected chi connectivity index (χ0v) is 41.2. The van der Waals surface area contributed by atoms with Crippen LogP contribution in [0.4, 0.5) is 5.69 Å². The summed E-state index contributed by atoms with van der Waals surface area (Å²) in [5.74, 6) is -1.29. The molecule has 72 heavy (non-hydrogen) atoms. The van der Waals surface area contributed by atoms with Gasteiger partial charge < -0.3 is 38.8 Å². The highest BCUT2D eigenvalue weighted by molar-refractivity contribution is 6.09. The van der Waals surface area contributed by atoms with Crippen molar-refractivity contribution in [3.63, 3.8) is 0 Å². The normalized spacial score (nSPS) is 21.8. The number of fused-ring (bicyclic) bond motifs is 1. The van der Waals surface area contributed by atoms with Gasteiger partial charge in [0.25, 0.3) is 0 Å². The molecule has 1 heterocycles. The van der Waals surface area contributed by atoms with Crippen molar-refractivity contribution in [1.82, 2.24) is 5.32 Å². The molecule has 0 aromatic heterocycles. The van der Waals surface area contributed by atoms with Gasteiger partial charge in [-0.25, -0.2) is 14.4 Å². The predicted molar refractivity (Wildman–Crippen MR) is 265 cm³/mol. The van der Waals surface area contributed by atoms with Crippen LogP contribution in [0, 0.1) is 41.9 Å². The third kappa shape index (κ3) is 14.2. The summed E-state index contributed by atoms with van der Waals surface area (Å²) in [6.07, 6.45) is 8.41. The zero-order valence-electron chi connectivity index (χ0n) is 41.2. The molecule has 0 bridgehead atoms. The fourth-order valence-corrected chi connectivity index (χ4v) is 10.2. The van der Waals surface area contributed by atoms with Gasteiger partial charge in [0, 0.05) is 23.2 Å². The molecule has 16 heteroatoms. The average molecular weight is 989 g/mol. The average Bonchev–Trinajstić information content (AvgIpc) is 3.81. The number of aliphatic hydroxyl groups excluding tert-OH is 1. The minimum Gasteiger partial charge on any atom is -0.462 e. The van der Waals surface area contributed by atoms with E-state index in [1.54, 1.807) is 42.5 Å². The Morgan fingerprint density at radius 1 is 0.847 bits per heavy atom. The van der Waals surface area contributed by atoms with E-state index in [1.165, 1.54) is 24.3 Å². The number of carbonyl (C=O) groups is 7. The number of cyclic esters (lactones) is 1. The number of hydrogen-bond donors (Lipinski definition) is 3. The lowest BCUT2D eigenvalue weighted by molar-refractivity contribution is -0.146. The number of anilines is 1. The number of aliphatic hydroxyl groups is 1. The second-order valence-corrected chi connectivity index (χ2v) is 19.0. The molecule has 3 unspecified atom stereocenters. The van der Waals surface area contributed by atoms with E-state index < -0.39 is 59.4 Å². The molecule has 2 aliphatic carbocycles. The summed E-state index contributed by atoms with van der Waals surface area (Å²) < 4.78 is 32.1. The lowest BCUT2D eigenvalue weighted by atomic mass is 9.45. The van der Waals surface area contributed by atoms with Crippen molar-refractivity contribution < 1.29 is 67.1 Å². The third-order valence-corrected chi connectivity index (χ3v) is 14.2. The van der Waals surface area contributed by atoms with Crippen LogP contribution in [0.2, 0.25) is 0 Å². The van der Waals surface area contributed by atoms with E-state index in [9.17, 15) is 38.7 Å². The molecule has 6 atom stereocenters. The van der Waals surface area contributed by atoms with Gasteiger partial charge in [-0.1, -0.05) is 61.7 Å². The summed E-state index contributed by atoms with van der Waals surface area (Å²) in [5, 5.41) is 17.0. The summed E-state index contributed by atoms with van der Waals surface area (Å²) in [7, 11) is 0. The second-order valence-electron chi connectivity index (χ2n) is 19.0. The first-order chi connectivity index (χ1) is 34.5. The maximum absolute atomic E-state index is 13.4. The van der Waals surface area contributed by atoms with Gasteiger partial charge in [0.2, 0.25) is 5.91 Å². The smallest absolute Gasteiger partial charge is 0.338 e. The van der Waals surface area contributed by atoms with Crippen LogP contribution in [0.1, 0.15) is 101 Å². The van der Waals surface area contributed by atoms with Crippen molar-refractivity contribution in [2.24, 2.45) is 22.7 Å². The Kier molecular flexibility index (Phi) is 19.4. The standard InChI is InChI=1S/C56H64N2O14/c1-6-26-67-28-29-68-30-31-69-50(62)34-57-33-49(61)58-42-18-16-39(17-19-42)51(63)38-12-14-40(15-13-38)52(64)71-35-43(59)21-24-56(5)47-20-9-37(3)45(55(47,4)25-22-48(56)60)32-46(44-23-27-70-54(44)66)72-53(65)41-10-7-36(2)8-11-41/h1,7-8,10-19,23,45-48,57,60H,3,9,20-22,24-35H2,2,4-5H3,(H,58,61)/t45-,46?,47?,48?,55+,56+/m1/s1. The molecule has 1 amide bonds. The SMILES string of the molecule is C#CCOCCOCCOC(=O)CNCC(=O)Nc1ccc(C(=O)c2ccc(C(=O)OCC(=O)CC[C@]3(C)C(O)CC[C@]4(C)C3CCC(=C)[C@H]4CC(OC(=O)c3ccc(C)cc3)C3=CCOC3=O)cc2)cc1. The zero-order chi connectivity index (χ0) is 51.8. The quantitative estimate of drug-likeness (QED) is 0.0211. The number of benzene rings is 3. The Balaban J connectivity index is 0.956. The molecule has 6 rings (SSSR count). The Morgan fingerprint density at radius 3 is 2.17 bits per heavy atom. The van der Waals surface area contributed by atoms with E-state index in [4.69, 9.17) is 34.8 Å². The van der Waals surface area contributed by atoms with Crippen molar-refractivity contribution in [1.29, 1.82) is 0 Å². The van der Waals surface area contributed by atoms with Gasteiger partial charge in [-0.05, 0) is 123 Å².